The molecule has 0 aliphatic heterocycles. The first-order chi connectivity index (χ1) is 8.58. The molecule has 0 radical (unpaired) electrons. The molecule has 96 valence electrons. The molecule has 0 fully saturated rings. The molecule has 0 aromatic carbocycles. The van der Waals surface area contributed by atoms with Crippen molar-refractivity contribution in [2.75, 3.05) is 6.26 Å². The molecule has 2 aromatic rings. The number of hydrogen-bond donors (Lipinski definition) is 0. The molecule has 2 aromatic heterocycles. The number of rotatable bonds is 4. The maximum absolute atomic E-state index is 4.52. The van der Waals surface area contributed by atoms with Crippen molar-refractivity contribution < 1.29 is 0 Å². The van der Waals surface area contributed by atoms with Crippen LogP contribution < -0.4 is 0 Å². The second kappa shape index (κ2) is 6.31. The van der Waals surface area contributed by atoms with Crippen molar-refractivity contribution in [1.29, 1.82) is 0 Å². The van der Waals surface area contributed by atoms with Crippen LogP contribution in [0.3, 0.4) is 0 Å². The lowest BCUT2D eigenvalue weighted by atomic mass is 10.2. The standard InChI is InChI=1S/C10H11BrN4S3/c1-5(2)8-12-6(11)4-7(13-8)17-10-15-14-9(16-3)18-10/h4-5H,1-3H3. The van der Waals surface area contributed by atoms with E-state index in [1.807, 2.05) is 12.3 Å². The van der Waals surface area contributed by atoms with Gasteiger partial charge in [0.05, 0.1) is 0 Å². The molecule has 0 atom stereocenters. The third kappa shape index (κ3) is 3.66. The van der Waals surface area contributed by atoms with Crippen LogP contribution in [0.15, 0.2) is 24.4 Å². The summed E-state index contributed by atoms with van der Waals surface area (Å²) in [4.78, 5) is 8.87. The Kier molecular flexibility index (Phi) is 4.99. The van der Waals surface area contributed by atoms with Crippen molar-refractivity contribution in [3.8, 4) is 0 Å². The Morgan fingerprint density at radius 1 is 1.22 bits per heavy atom. The second-order valence-electron chi connectivity index (χ2n) is 3.68. The van der Waals surface area contributed by atoms with Crippen LogP contribution in [0.1, 0.15) is 25.6 Å². The number of thioether (sulfide) groups is 1. The monoisotopic (exact) mass is 362 g/mol. The summed E-state index contributed by atoms with van der Waals surface area (Å²) in [6.07, 6.45) is 1.99. The van der Waals surface area contributed by atoms with Gasteiger partial charge in [0.2, 0.25) is 0 Å². The van der Waals surface area contributed by atoms with Gasteiger partial charge in [-0.15, -0.1) is 10.2 Å². The molecule has 4 nitrogen and oxygen atoms in total. The van der Waals surface area contributed by atoms with Crippen LogP contribution in [0.25, 0.3) is 0 Å². The highest BCUT2D eigenvalue weighted by Gasteiger charge is 2.10. The van der Waals surface area contributed by atoms with Crippen LogP contribution >= 0.6 is 50.8 Å². The molecule has 2 rings (SSSR count). The van der Waals surface area contributed by atoms with E-state index in [1.165, 1.54) is 11.8 Å². The van der Waals surface area contributed by atoms with E-state index in [1.54, 1.807) is 23.1 Å². The Balaban J connectivity index is 2.23. The third-order valence-electron chi connectivity index (χ3n) is 1.96. The van der Waals surface area contributed by atoms with Crippen molar-refractivity contribution in [3.05, 3.63) is 16.5 Å². The SMILES string of the molecule is CSc1nnc(Sc2cc(Br)nc(C(C)C)n2)s1. The summed E-state index contributed by atoms with van der Waals surface area (Å²) in [5.74, 6) is 1.14. The molecule has 0 bridgehead atoms. The van der Waals surface area contributed by atoms with Gasteiger partial charge in [0, 0.05) is 12.0 Å². The van der Waals surface area contributed by atoms with E-state index >= 15 is 0 Å². The first-order valence-electron chi connectivity index (χ1n) is 5.18. The van der Waals surface area contributed by atoms with Crippen molar-refractivity contribution >= 4 is 50.8 Å². The number of aromatic nitrogens is 4. The molecule has 0 saturated carbocycles. The van der Waals surface area contributed by atoms with Crippen molar-refractivity contribution in [2.45, 2.75) is 33.5 Å². The normalized spacial score (nSPS) is 11.2. The lowest BCUT2D eigenvalue weighted by Crippen LogP contribution is -1.98. The lowest BCUT2D eigenvalue weighted by molar-refractivity contribution is 0.747. The van der Waals surface area contributed by atoms with Gasteiger partial charge in [-0.3, -0.25) is 0 Å². The van der Waals surface area contributed by atoms with Crippen LogP contribution in [0, 0.1) is 0 Å². The first-order valence-corrected chi connectivity index (χ1v) is 8.83. The minimum absolute atomic E-state index is 0.304. The molecule has 0 saturated heterocycles. The largest absolute Gasteiger partial charge is 0.226 e. The van der Waals surface area contributed by atoms with Crippen LogP contribution in [0.4, 0.5) is 0 Å². The van der Waals surface area contributed by atoms with Crippen molar-refractivity contribution in [1.82, 2.24) is 20.2 Å². The zero-order chi connectivity index (χ0) is 13.1. The van der Waals surface area contributed by atoms with E-state index in [9.17, 15) is 0 Å². The summed E-state index contributed by atoms with van der Waals surface area (Å²) < 4.78 is 2.67. The summed E-state index contributed by atoms with van der Waals surface area (Å²) in [5.41, 5.74) is 0. The van der Waals surface area contributed by atoms with Gasteiger partial charge in [-0.1, -0.05) is 36.9 Å². The van der Waals surface area contributed by atoms with Gasteiger partial charge in [-0.2, -0.15) is 0 Å². The molecule has 0 N–H and O–H groups in total. The summed E-state index contributed by atoms with van der Waals surface area (Å²) in [6.45, 7) is 4.15. The van der Waals surface area contributed by atoms with Gasteiger partial charge in [0.1, 0.15) is 15.5 Å². The van der Waals surface area contributed by atoms with E-state index in [4.69, 9.17) is 0 Å². The minimum Gasteiger partial charge on any atom is -0.226 e. The highest BCUT2D eigenvalue weighted by atomic mass is 79.9. The fraction of sp³-hybridized carbons (Fsp3) is 0.400. The first kappa shape index (κ1) is 14.2. The smallest absolute Gasteiger partial charge is 0.181 e. The maximum atomic E-state index is 4.52. The summed E-state index contributed by atoms with van der Waals surface area (Å²) in [6, 6.07) is 1.90. The average Bonchev–Trinajstić information content (AvgIpc) is 2.76. The Labute approximate surface area is 127 Å². The molecule has 0 aliphatic carbocycles. The van der Waals surface area contributed by atoms with E-state index in [2.05, 4.69) is 49.9 Å². The molecule has 2 heterocycles. The summed E-state index contributed by atoms with van der Waals surface area (Å²) >= 11 is 8.11. The molecular formula is C10H11BrN4S3. The predicted octanol–water partition coefficient (Wildman–Crippen LogP) is 4.09. The Bertz CT molecular complexity index is 544. The quantitative estimate of drug-likeness (QED) is 0.603. The molecular weight excluding hydrogens is 352 g/mol. The van der Waals surface area contributed by atoms with E-state index in [0.717, 1.165) is 24.1 Å². The minimum atomic E-state index is 0.304. The van der Waals surface area contributed by atoms with Gasteiger partial charge >= 0.3 is 0 Å². The number of halogens is 1. The third-order valence-corrected chi connectivity index (χ3v) is 5.23. The predicted molar refractivity (Wildman–Crippen MR) is 79.6 cm³/mol. The fourth-order valence-electron chi connectivity index (χ4n) is 1.13. The molecule has 0 spiro atoms. The topological polar surface area (TPSA) is 51.6 Å². The van der Waals surface area contributed by atoms with Crippen LogP contribution in [0.5, 0.6) is 0 Å². The summed E-state index contributed by atoms with van der Waals surface area (Å²) in [7, 11) is 0. The van der Waals surface area contributed by atoms with Gasteiger partial charge in [-0.25, -0.2) is 9.97 Å². The van der Waals surface area contributed by atoms with Gasteiger partial charge in [-0.05, 0) is 33.9 Å². The Morgan fingerprint density at radius 2 is 1.94 bits per heavy atom. The van der Waals surface area contributed by atoms with Crippen molar-refractivity contribution in [3.63, 3.8) is 0 Å². The highest BCUT2D eigenvalue weighted by Crippen LogP contribution is 2.33. The van der Waals surface area contributed by atoms with E-state index in [0.29, 0.717) is 5.92 Å². The Hall–Kier alpha value is -0.180. The molecule has 8 heteroatoms. The van der Waals surface area contributed by atoms with Crippen LogP contribution in [-0.2, 0) is 0 Å². The molecule has 0 unspecified atom stereocenters. The zero-order valence-corrected chi connectivity index (χ0v) is 14.1. The van der Waals surface area contributed by atoms with Crippen molar-refractivity contribution in [2.24, 2.45) is 0 Å². The number of hydrogen-bond acceptors (Lipinski definition) is 7. The molecule has 18 heavy (non-hydrogen) atoms. The molecule has 0 aliphatic rings. The maximum Gasteiger partial charge on any atom is 0.181 e. The van der Waals surface area contributed by atoms with E-state index < -0.39 is 0 Å². The van der Waals surface area contributed by atoms with Crippen LogP contribution in [-0.4, -0.2) is 26.4 Å². The number of nitrogens with zero attached hydrogens (tertiary/aromatic N) is 4. The summed E-state index contributed by atoms with van der Waals surface area (Å²) in [5, 5.41) is 9.08. The van der Waals surface area contributed by atoms with E-state index in [-0.39, 0.29) is 0 Å². The van der Waals surface area contributed by atoms with Gasteiger partial charge in [0.25, 0.3) is 0 Å². The highest BCUT2D eigenvalue weighted by molar-refractivity contribution is 9.10. The second-order valence-corrected chi connectivity index (χ2v) is 7.79. The molecule has 0 amide bonds. The van der Waals surface area contributed by atoms with Crippen LogP contribution in [0.2, 0.25) is 0 Å². The van der Waals surface area contributed by atoms with Gasteiger partial charge < -0.3 is 0 Å². The average molecular weight is 363 g/mol. The van der Waals surface area contributed by atoms with Gasteiger partial charge in [0.15, 0.2) is 8.68 Å². The Morgan fingerprint density at radius 3 is 2.56 bits per heavy atom. The lowest BCUT2D eigenvalue weighted by Gasteiger charge is -2.05. The zero-order valence-electron chi connectivity index (χ0n) is 10.0. The fourth-order valence-corrected chi connectivity index (χ4v) is 4.08.